The maximum atomic E-state index is 13.1. The zero-order valence-corrected chi connectivity index (χ0v) is 13.1. The fraction of sp³-hybridized carbons (Fsp3) is 0.118. The Morgan fingerprint density at radius 1 is 1.12 bits per heavy atom. The number of nitrogens with zero attached hydrogens (tertiary/aromatic N) is 1. The molecule has 3 nitrogen and oxygen atoms in total. The summed E-state index contributed by atoms with van der Waals surface area (Å²) in [6.07, 6.45) is -2.87. The van der Waals surface area contributed by atoms with Crippen LogP contribution < -0.4 is 5.32 Å². The Morgan fingerprint density at radius 3 is 2.83 bits per heavy atom. The van der Waals surface area contributed by atoms with Gasteiger partial charge >= 0.3 is 6.18 Å². The summed E-state index contributed by atoms with van der Waals surface area (Å²) >= 11 is 1.64. The summed E-state index contributed by atoms with van der Waals surface area (Å²) in [5.74, 6) is 0. The van der Waals surface area contributed by atoms with E-state index in [1.54, 1.807) is 11.3 Å². The molecule has 2 aromatic heterocycles. The van der Waals surface area contributed by atoms with Crippen LogP contribution >= 0.6 is 11.3 Å². The van der Waals surface area contributed by atoms with Crippen molar-refractivity contribution in [2.75, 3.05) is 5.32 Å². The quantitative estimate of drug-likeness (QED) is 0.520. The highest BCUT2D eigenvalue weighted by molar-refractivity contribution is 7.17. The van der Waals surface area contributed by atoms with Crippen LogP contribution in [0.15, 0.2) is 48.0 Å². The molecular formula is C17H12F3N3S. The maximum absolute atomic E-state index is 13.1. The van der Waals surface area contributed by atoms with Gasteiger partial charge in [0.25, 0.3) is 0 Å². The average Bonchev–Trinajstić information content (AvgIpc) is 3.20. The van der Waals surface area contributed by atoms with Crippen LogP contribution in [0.25, 0.3) is 21.0 Å². The monoisotopic (exact) mass is 347 g/mol. The van der Waals surface area contributed by atoms with E-state index in [1.807, 2.05) is 29.6 Å². The van der Waals surface area contributed by atoms with Gasteiger partial charge < -0.3 is 5.32 Å². The van der Waals surface area contributed by atoms with E-state index in [0.29, 0.717) is 23.1 Å². The SMILES string of the molecule is FC(F)(F)c1cc(NCc2cccc3sccc23)c2cn[nH]c2c1. The predicted octanol–water partition coefficient (Wildman–Crippen LogP) is 5.41. The van der Waals surface area contributed by atoms with Gasteiger partial charge in [0.05, 0.1) is 17.3 Å². The first-order valence-corrected chi connectivity index (χ1v) is 8.13. The summed E-state index contributed by atoms with van der Waals surface area (Å²) in [6.45, 7) is 0.440. The highest BCUT2D eigenvalue weighted by atomic mass is 32.1. The van der Waals surface area contributed by atoms with Crippen molar-refractivity contribution in [3.05, 3.63) is 59.1 Å². The average molecular weight is 347 g/mol. The molecule has 2 N–H and O–H groups in total. The van der Waals surface area contributed by atoms with Crippen molar-refractivity contribution < 1.29 is 13.2 Å². The van der Waals surface area contributed by atoms with Crippen molar-refractivity contribution >= 4 is 38.0 Å². The molecule has 0 amide bonds. The number of aromatic nitrogens is 2. The van der Waals surface area contributed by atoms with Gasteiger partial charge in [-0.05, 0) is 40.6 Å². The van der Waals surface area contributed by atoms with Gasteiger partial charge in [0.15, 0.2) is 0 Å². The Morgan fingerprint density at radius 2 is 2.00 bits per heavy atom. The second-order valence-electron chi connectivity index (χ2n) is 5.46. The van der Waals surface area contributed by atoms with Crippen molar-refractivity contribution in [2.24, 2.45) is 0 Å². The second kappa shape index (κ2) is 5.52. The van der Waals surface area contributed by atoms with E-state index in [2.05, 4.69) is 15.5 Å². The third kappa shape index (κ3) is 2.60. The van der Waals surface area contributed by atoms with E-state index in [4.69, 9.17) is 0 Å². The number of thiophene rings is 1. The third-order valence-electron chi connectivity index (χ3n) is 3.94. The molecule has 0 fully saturated rings. The summed E-state index contributed by atoms with van der Waals surface area (Å²) in [4.78, 5) is 0. The van der Waals surface area contributed by atoms with Crippen molar-refractivity contribution in [3.63, 3.8) is 0 Å². The number of fused-ring (bicyclic) bond motifs is 2. The minimum Gasteiger partial charge on any atom is -0.380 e. The van der Waals surface area contributed by atoms with E-state index < -0.39 is 11.7 Å². The maximum Gasteiger partial charge on any atom is 0.416 e. The van der Waals surface area contributed by atoms with Crippen molar-refractivity contribution in [1.82, 2.24) is 10.2 Å². The molecule has 4 rings (SSSR count). The van der Waals surface area contributed by atoms with Gasteiger partial charge in [-0.3, -0.25) is 5.10 Å². The molecule has 2 heterocycles. The number of alkyl halides is 3. The minimum atomic E-state index is -4.40. The van der Waals surface area contributed by atoms with Crippen molar-refractivity contribution in [3.8, 4) is 0 Å². The van der Waals surface area contributed by atoms with Crippen LogP contribution in [0.4, 0.5) is 18.9 Å². The number of benzene rings is 2. The number of rotatable bonds is 3. The molecule has 0 aliphatic rings. The Kier molecular flexibility index (Phi) is 3.45. The van der Waals surface area contributed by atoms with Crippen LogP contribution in [0, 0.1) is 0 Å². The number of halogens is 3. The molecular weight excluding hydrogens is 335 g/mol. The Bertz CT molecular complexity index is 1020. The summed E-state index contributed by atoms with van der Waals surface area (Å²) in [5.41, 5.74) is 1.13. The number of nitrogens with one attached hydrogen (secondary N) is 2. The zero-order valence-electron chi connectivity index (χ0n) is 12.3. The molecule has 0 aliphatic heterocycles. The van der Waals surface area contributed by atoms with E-state index in [0.717, 1.165) is 27.8 Å². The van der Waals surface area contributed by atoms with Gasteiger partial charge in [0.1, 0.15) is 0 Å². The van der Waals surface area contributed by atoms with Gasteiger partial charge in [-0.1, -0.05) is 12.1 Å². The van der Waals surface area contributed by atoms with E-state index >= 15 is 0 Å². The Labute approximate surface area is 139 Å². The first kappa shape index (κ1) is 15.0. The number of anilines is 1. The molecule has 0 saturated heterocycles. The largest absolute Gasteiger partial charge is 0.416 e. The lowest BCUT2D eigenvalue weighted by atomic mass is 10.1. The fourth-order valence-electron chi connectivity index (χ4n) is 2.76. The molecule has 0 unspecified atom stereocenters. The van der Waals surface area contributed by atoms with Gasteiger partial charge in [-0.15, -0.1) is 11.3 Å². The second-order valence-corrected chi connectivity index (χ2v) is 6.40. The lowest BCUT2D eigenvalue weighted by molar-refractivity contribution is -0.137. The van der Waals surface area contributed by atoms with Crippen molar-refractivity contribution in [2.45, 2.75) is 12.7 Å². The Balaban J connectivity index is 1.71. The van der Waals surface area contributed by atoms with Gasteiger partial charge in [-0.2, -0.15) is 18.3 Å². The summed E-state index contributed by atoms with van der Waals surface area (Å²) in [6, 6.07) is 10.2. The molecule has 4 aromatic rings. The first-order chi connectivity index (χ1) is 11.5. The standard InChI is InChI=1S/C17H12F3N3S/c18-17(19,20)11-6-14(13-9-22-23-15(13)7-11)21-8-10-2-1-3-16-12(10)4-5-24-16/h1-7,9,21H,8H2,(H,22,23). The number of hydrogen-bond donors (Lipinski definition) is 2. The smallest absolute Gasteiger partial charge is 0.380 e. The van der Waals surface area contributed by atoms with Gasteiger partial charge in [0, 0.05) is 22.3 Å². The molecule has 122 valence electrons. The van der Waals surface area contributed by atoms with Gasteiger partial charge in [0.2, 0.25) is 0 Å². The first-order valence-electron chi connectivity index (χ1n) is 7.26. The van der Waals surface area contributed by atoms with Crippen LogP contribution in [0.5, 0.6) is 0 Å². The molecule has 0 bridgehead atoms. The molecule has 24 heavy (non-hydrogen) atoms. The lowest BCUT2D eigenvalue weighted by Gasteiger charge is -2.12. The normalized spacial score (nSPS) is 12.1. The summed E-state index contributed by atoms with van der Waals surface area (Å²) < 4.78 is 40.4. The number of hydrogen-bond acceptors (Lipinski definition) is 3. The van der Waals surface area contributed by atoms with E-state index in [-0.39, 0.29) is 0 Å². The molecule has 0 radical (unpaired) electrons. The predicted molar refractivity (Wildman–Crippen MR) is 90.2 cm³/mol. The molecule has 0 atom stereocenters. The summed E-state index contributed by atoms with van der Waals surface area (Å²) in [5, 5.41) is 13.4. The van der Waals surface area contributed by atoms with E-state index in [1.165, 1.54) is 6.20 Å². The minimum absolute atomic E-state index is 0.362. The molecule has 7 heteroatoms. The van der Waals surface area contributed by atoms with Crippen LogP contribution in [0.1, 0.15) is 11.1 Å². The summed E-state index contributed by atoms with van der Waals surface area (Å²) in [7, 11) is 0. The highest BCUT2D eigenvalue weighted by Crippen LogP contribution is 2.35. The fourth-order valence-corrected chi connectivity index (χ4v) is 3.60. The van der Waals surface area contributed by atoms with Crippen LogP contribution in [0.3, 0.4) is 0 Å². The van der Waals surface area contributed by atoms with Crippen molar-refractivity contribution in [1.29, 1.82) is 0 Å². The number of H-pyrrole nitrogens is 1. The third-order valence-corrected chi connectivity index (χ3v) is 4.82. The van der Waals surface area contributed by atoms with Gasteiger partial charge in [-0.25, -0.2) is 0 Å². The number of aromatic amines is 1. The van der Waals surface area contributed by atoms with Crippen LogP contribution in [0.2, 0.25) is 0 Å². The molecule has 0 aliphatic carbocycles. The highest BCUT2D eigenvalue weighted by Gasteiger charge is 2.31. The molecule has 2 aromatic carbocycles. The lowest BCUT2D eigenvalue weighted by Crippen LogP contribution is -2.07. The topological polar surface area (TPSA) is 40.7 Å². The zero-order chi connectivity index (χ0) is 16.7. The van der Waals surface area contributed by atoms with Crippen LogP contribution in [-0.4, -0.2) is 10.2 Å². The van der Waals surface area contributed by atoms with Crippen LogP contribution in [-0.2, 0) is 12.7 Å². The molecule has 0 saturated carbocycles. The molecule has 0 spiro atoms. The van der Waals surface area contributed by atoms with E-state index in [9.17, 15) is 13.2 Å². The Hall–Kier alpha value is -2.54.